The predicted molar refractivity (Wildman–Crippen MR) is 96.1 cm³/mol. The molecule has 26 heavy (non-hydrogen) atoms. The Labute approximate surface area is 148 Å². The fourth-order valence-electron chi connectivity index (χ4n) is 3.15. The minimum Gasteiger partial charge on any atom is -0.508 e. The second-order valence-corrected chi connectivity index (χ2v) is 6.12. The molecule has 3 heterocycles. The normalized spacial score (nSPS) is 13.4. The number of hydrogen-bond acceptors (Lipinski definition) is 5. The number of fused-ring (bicyclic) bond motifs is 2. The van der Waals surface area contributed by atoms with Gasteiger partial charge in [-0.25, -0.2) is 4.98 Å². The van der Waals surface area contributed by atoms with Gasteiger partial charge in [0.05, 0.1) is 41.4 Å². The van der Waals surface area contributed by atoms with Gasteiger partial charge in [0, 0.05) is 10.9 Å². The predicted octanol–water partition coefficient (Wildman–Crippen LogP) is 2.95. The molecule has 2 N–H and O–H groups in total. The van der Waals surface area contributed by atoms with Crippen molar-refractivity contribution in [3.63, 3.8) is 0 Å². The lowest BCUT2D eigenvalue weighted by atomic mass is 10.1. The first kappa shape index (κ1) is 14.6. The molecule has 2 aromatic heterocycles. The Morgan fingerprint density at radius 2 is 1.92 bits per heavy atom. The first-order valence-electron chi connectivity index (χ1n) is 8.10. The molecule has 0 unspecified atom stereocenters. The lowest BCUT2D eigenvalue weighted by Gasteiger charge is -2.17. The van der Waals surface area contributed by atoms with E-state index in [1.807, 2.05) is 18.2 Å². The second kappa shape index (κ2) is 5.38. The maximum absolute atomic E-state index is 12.6. The molecule has 0 radical (unpaired) electrons. The van der Waals surface area contributed by atoms with E-state index in [4.69, 9.17) is 0 Å². The molecule has 126 valence electrons. The molecule has 0 spiro atoms. The average molecular weight is 343 g/mol. The summed E-state index contributed by atoms with van der Waals surface area (Å²) < 4.78 is 0. The maximum atomic E-state index is 12.6. The number of nitrogens with one attached hydrogen (secondary N) is 1. The van der Waals surface area contributed by atoms with Gasteiger partial charge in [-0.15, -0.1) is 0 Å². The van der Waals surface area contributed by atoms with Crippen molar-refractivity contribution in [3.05, 3.63) is 60.6 Å². The van der Waals surface area contributed by atoms with Gasteiger partial charge < -0.3 is 5.11 Å². The molecule has 4 aromatic rings. The third-order valence-electron chi connectivity index (χ3n) is 4.45. The molecule has 0 bridgehead atoms. The van der Waals surface area contributed by atoms with Crippen LogP contribution in [0.3, 0.4) is 0 Å². The Hall–Kier alpha value is -3.74. The van der Waals surface area contributed by atoms with E-state index in [-0.39, 0.29) is 18.1 Å². The molecule has 1 aliphatic heterocycles. The number of amides is 1. The fourth-order valence-corrected chi connectivity index (χ4v) is 3.15. The smallest absolute Gasteiger partial charge is 0.238 e. The SMILES string of the molecule is O=C1Cc2ncc(-c3ccc(O)cc3)nc2N1c1ccc2cn[nH]c2c1. The topological polar surface area (TPSA) is 95.0 Å². The molecule has 0 saturated heterocycles. The van der Waals surface area contributed by atoms with Crippen LogP contribution in [0.4, 0.5) is 11.5 Å². The number of hydrogen-bond donors (Lipinski definition) is 2. The Bertz CT molecular complexity index is 1150. The zero-order valence-electron chi connectivity index (χ0n) is 13.5. The summed E-state index contributed by atoms with van der Waals surface area (Å²) in [5.74, 6) is 0.661. The average Bonchev–Trinajstić information content (AvgIpc) is 3.24. The molecule has 0 atom stereocenters. The summed E-state index contributed by atoms with van der Waals surface area (Å²) >= 11 is 0. The zero-order chi connectivity index (χ0) is 17.7. The van der Waals surface area contributed by atoms with Gasteiger partial charge in [-0.3, -0.25) is 19.8 Å². The largest absolute Gasteiger partial charge is 0.508 e. The first-order valence-corrected chi connectivity index (χ1v) is 8.10. The van der Waals surface area contributed by atoms with Crippen LogP contribution in [0, 0.1) is 0 Å². The van der Waals surface area contributed by atoms with E-state index in [0.29, 0.717) is 17.2 Å². The van der Waals surface area contributed by atoms with Crippen molar-refractivity contribution < 1.29 is 9.90 Å². The number of carbonyl (C=O) groups is 1. The van der Waals surface area contributed by atoms with Crippen LogP contribution < -0.4 is 4.90 Å². The van der Waals surface area contributed by atoms with Gasteiger partial charge in [0.25, 0.3) is 0 Å². The third kappa shape index (κ3) is 2.21. The van der Waals surface area contributed by atoms with Crippen molar-refractivity contribution in [2.45, 2.75) is 6.42 Å². The van der Waals surface area contributed by atoms with Crippen molar-refractivity contribution in [3.8, 4) is 17.0 Å². The summed E-state index contributed by atoms with van der Waals surface area (Å²) in [6, 6.07) is 12.4. The quantitative estimate of drug-likeness (QED) is 0.583. The van der Waals surface area contributed by atoms with Crippen LogP contribution in [0.15, 0.2) is 54.9 Å². The van der Waals surface area contributed by atoms with E-state index in [1.54, 1.807) is 41.6 Å². The van der Waals surface area contributed by atoms with Crippen LogP contribution in [0.1, 0.15) is 5.69 Å². The van der Waals surface area contributed by atoms with Crippen LogP contribution in [-0.4, -0.2) is 31.2 Å². The maximum Gasteiger partial charge on any atom is 0.238 e. The standard InChI is InChI=1S/C19H13N5O2/c25-14-5-2-11(3-6-14)17-10-20-16-8-18(26)24(19(16)22-17)13-4-1-12-9-21-23-15(12)7-13/h1-7,9-10,25H,8H2,(H,21,23). The van der Waals surface area contributed by atoms with Gasteiger partial charge in [-0.2, -0.15) is 5.10 Å². The lowest BCUT2D eigenvalue weighted by molar-refractivity contribution is -0.116. The van der Waals surface area contributed by atoms with Gasteiger partial charge in [0.1, 0.15) is 5.75 Å². The minimum absolute atomic E-state index is 0.0679. The van der Waals surface area contributed by atoms with Crippen LogP contribution in [0.2, 0.25) is 0 Å². The number of H-pyrrole nitrogens is 1. The van der Waals surface area contributed by atoms with Crippen LogP contribution >= 0.6 is 0 Å². The number of benzene rings is 2. The Balaban J connectivity index is 1.62. The van der Waals surface area contributed by atoms with Gasteiger partial charge in [-0.05, 0) is 42.5 Å². The summed E-state index contributed by atoms with van der Waals surface area (Å²) in [6.45, 7) is 0. The Kier molecular flexibility index (Phi) is 3.02. The van der Waals surface area contributed by atoms with Crippen molar-refractivity contribution in [1.82, 2.24) is 20.2 Å². The van der Waals surface area contributed by atoms with Crippen LogP contribution in [0.25, 0.3) is 22.2 Å². The molecular weight excluding hydrogens is 330 g/mol. The molecule has 0 aliphatic carbocycles. The van der Waals surface area contributed by atoms with Crippen LogP contribution in [-0.2, 0) is 11.2 Å². The van der Waals surface area contributed by atoms with Crippen molar-refractivity contribution in [1.29, 1.82) is 0 Å². The number of anilines is 2. The number of nitrogens with zero attached hydrogens (tertiary/aromatic N) is 4. The van der Waals surface area contributed by atoms with E-state index in [0.717, 1.165) is 22.2 Å². The van der Waals surface area contributed by atoms with Crippen LogP contribution in [0.5, 0.6) is 5.75 Å². The van der Waals surface area contributed by atoms with Gasteiger partial charge >= 0.3 is 0 Å². The molecule has 0 saturated carbocycles. The van der Waals surface area contributed by atoms with E-state index in [2.05, 4.69) is 20.2 Å². The van der Waals surface area contributed by atoms with Gasteiger partial charge in [0.15, 0.2) is 5.82 Å². The van der Waals surface area contributed by atoms with Gasteiger partial charge in [-0.1, -0.05) is 0 Å². The lowest BCUT2D eigenvalue weighted by Crippen LogP contribution is -2.21. The van der Waals surface area contributed by atoms with E-state index >= 15 is 0 Å². The number of rotatable bonds is 2. The third-order valence-corrected chi connectivity index (χ3v) is 4.45. The number of aromatic amines is 1. The summed E-state index contributed by atoms with van der Waals surface area (Å²) in [5.41, 5.74) is 3.70. The molecule has 5 rings (SSSR count). The highest BCUT2D eigenvalue weighted by atomic mass is 16.3. The second-order valence-electron chi connectivity index (χ2n) is 6.12. The highest BCUT2D eigenvalue weighted by Gasteiger charge is 2.32. The Morgan fingerprint density at radius 3 is 2.77 bits per heavy atom. The molecule has 0 fully saturated rings. The number of phenols is 1. The molecule has 7 heteroatoms. The minimum atomic E-state index is -0.0679. The summed E-state index contributed by atoms with van der Waals surface area (Å²) in [6.07, 6.45) is 3.61. The molecule has 1 aliphatic rings. The number of phenolic OH excluding ortho intramolecular Hbond substituents is 1. The van der Waals surface area contributed by atoms with E-state index in [1.165, 1.54) is 0 Å². The molecule has 7 nitrogen and oxygen atoms in total. The summed E-state index contributed by atoms with van der Waals surface area (Å²) in [5, 5.41) is 17.4. The highest BCUT2D eigenvalue weighted by molar-refractivity contribution is 6.06. The van der Waals surface area contributed by atoms with Crippen molar-refractivity contribution >= 4 is 28.3 Å². The number of aromatic nitrogens is 4. The van der Waals surface area contributed by atoms with E-state index in [9.17, 15) is 9.90 Å². The molecular formula is C19H13N5O2. The van der Waals surface area contributed by atoms with E-state index < -0.39 is 0 Å². The summed E-state index contributed by atoms with van der Waals surface area (Å²) in [4.78, 5) is 23.3. The van der Waals surface area contributed by atoms with Crippen molar-refractivity contribution in [2.75, 3.05) is 4.90 Å². The highest BCUT2D eigenvalue weighted by Crippen LogP contribution is 2.35. The number of aromatic hydroxyl groups is 1. The fraction of sp³-hybridized carbons (Fsp3) is 0.0526. The molecule has 2 aromatic carbocycles. The molecule has 1 amide bonds. The summed E-state index contributed by atoms with van der Waals surface area (Å²) in [7, 11) is 0. The first-order chi connectivity index (χ1) is 12.7. The van der Waals surface area contributed by atoms with Crippen molar-refractivity contribution in [2.24, 2.45) is 0 Å². The Morgan fingerprint density at radius 1 is 1.08 bits per heavy atom. The number of carbonyl (C=O) groups excluding carboxylic acids is 1. The van der Waals surface area contributed by atoms with Gasteiger partial charge in [0.2, 0.25) is 5.91 Å². The monoisotopic (exact) mass is 343 g/mol. The zero-order valence-corrected chi connectivity index (χ0v) is 13.5.